The molecule has 1 N–H and O–H groups in total. The molecule has 0 spiro atoms. The van der Waals surface area contributed by atoms with E-state index in [4.69, 9.17) is 9.72 Å². The van der Waals surface area contributed by atoms with Crippen molar-refractivity contribution >= 4 is 17.0 Å². The Bertz CT molecular complexity index is 970. The number of fused-ring (bicyclic) bond motifs is 1. The number of piperazine rings is 1. The van der Waals surface area contributed by atoms with Crippen molar-refractivity contribution in [3.05, 3.63) is 47.8 Å². The minimum Gasteiger partial charge on any atom is -0.465 e. The molecule has 3 aromatic rings. The van der Waals surface area contributed by atoms with Crippen molar-refractivity contribution in [3.63, 3.8) is 0 Å². The Kier molecular flexibility index (Phi) is 5.40. The zero-order valence-electron chi connectivity index (χ0n) is 16.4. The minimum absolute atomic E-state index is 0.336. The van der Waals surface area contributed by atoms with Gasteiger partial charge in [0.15, 0.2) is 0 Å². The van der Waals surface area contributed by atoms with Crippen LogP contribution < -0.4 is 5.32 Å². The molecule has 0 unspecified atom stereocenters. The third kappa shape index (κ3) is 3.65. The zero-order valence-corrected chi connectivity index (χ0v) is 16.4. The third-order valence-electron chi connectivity index (χ3n) is 5.28. The van der Waals surface area contributed by atoms with E-state index in [1.807, 2.05) is 24.7 Å². The van der Waals surface area contributed by atoms with Crippen LogP contribution in [0.2, 0.25) is 0 Å². The first-order valence-corrected chi connectivity index (χ1v) is 9.69. The molecule has 0 aliphatic carbocycles. The van der Waals surface area contributed by atoms with E-state index < -0.39 is 0 Å². The lowest BCUT2D eigenvalue weighted by atomic mass is 10.2. The van der Waals surface area contributed by atoms with Gasteiger partial charge in [-0.15, -0.1) is 0 Å². The number of ether oxygens (including phenoxy) is 1. The van der Waals surface area contributed by atoms with Gasteiger partial charge in [0.2, 0.25) is 0 Å². The molecule has 1 fully saturated rings. The maximum atomic E-state index is 12.0. The number of benzene rings is 1. The number of nitrogens with zero attached hydrogens (tertiary/aromatic N) is 5. The first-order chi connectivity index (χ1) is 13.7. The van der Waals surface area contributed by atoms with Gasteiger partial charge in [0.25, 0.3) is 0 Å². The average Bonchev–Trinajstić information content (AvgIpc) is 3.32. The predicted octanol–water partition coefficient (Wildman–Crippen LogP) is 1.49. The van der Waals surface area contributed by atoms with Crippen LogP contribution in [0.4, 0.5) is 0 Å². The monoisotopic (exact) mass is 382 g/mol. The molecule has 2 aromatic heterocycles. The number of aromatic nitrogens is 4. The Labute approximate surface area is 164 Å². The third-order valence-corrected chi connectivity index (χ3v) is 5.28. The van der Waals surface area contributed by atoms with Gasteiger partial charge in [0.1, 0.15) is 5.82 Å². The highest BCUT2D eigenvalue weighted by Crippen LogP contribution is 2.21. The SMILES string of the molecule is CCn1cncc1Cn1c(CN2CCNCC2)nc2ccc(C(=O)OC)cc21. The molecule has 3 heterocycles. The van der Waals surface area contributed by atoms with Crippen molar-refractivity contribution in [1.82, 2.24) is 29.3 Å². The quantitative estimate of drug-likeness (QED) is 0.651. The Morgan fingerprint density at radius 2 is 2.07 bits per heavy atom. The van der Waals surface area contributed by atoms with Crippen molar-refractivity contribution in [2.75, 3.05) is 33.3 Å². The van der Waals surface area contributed by atoms with E-state index in [1.54, 1.807) is 6.07 Å². The second-order valence-corrected chi connectivity index (χ2v) is 7.01. The Morgan fingerprint density at radius 3 is 2.82 bits per heavy atom. The van der Waals surface area contributed by atoms with E-state index in [2.05, 4.69) is 31.3 Å². The summed E-state index contributed by atoms with van der Waals surface area (Å²) in [7, 11) is 1.40. The van der Waals surface area contributed by atoms with E-state index in [-0.39, 0.29) is 5.97 Å². The zero-order chi connectivity index (χ0) is 19.5. The highest BCUT2D eigenvalue weighted by atomic mass is 16.5. The van der Waals surface area contributed by atoms with Gasteiger partial charge in [-0.3, -0.25) is 4.90 Å². The molecule has 0 atom stereocenters. The maximum Gasteiger partial charge on any atom is 0.337 e. The van der Waals surface area contributed by atoms with Crippen LogP contribution in [0.3, 0.4) is 0 Å². The fourth-order valence-corrected chi connectivity index (χ4v) is 3.71. The number of methoxy groups -OCH3 is 1. The van der Waals surface area contributed by atoms with Gasteiger partial charge >= 0.3 is 5.97 Å². The topological polar surface area (TPSA) is 77.2 Å². The van der Waals surface area contributed by atoms with Crippen LogP contribution in [-0.4, -0.2) is 63.3 Å². The van der Waals surface area contributed by atoms with Gasteiger partial charge < -0.3 is 19.2 Å². The van der Waals surface area contributed by atoms with E-state index in [0.717, 1.165) is 61.8 Å². The molecule has 8 heteroatoms. The normalized spacial score (nSPS) is 15.2. The Hall–Kier alpha value is -2.71. The molecule has 1 saturated heterocycles. The van der Waals surface area contributed by atoms with Crippen molar-refractivity contribution in [2.24, 2.45) is 0 Å². The molecule has 0 saturated carbocycles. The van der Waals surface area contributed by atoms with Gasteiger partial charge in [-0.25, -0.2) is 14.8 Å². The Morgan fingerprint density at radius 1 is 1.25 bits per heavy atom. The Balaban J connectivity index is 1.76. The van der Waals surface area contributed by atoms with Gasteiger partial charge in [0.05, 0.1) is 48.8 Å². The summed E-state index contributed by atoms with van der Waals surface area (Å²) < 4.78 is 9.23. The molecule has 1 aliphatic rings. The summed E-state index contributed by atoms with van der Waals surface area (Å²) in [6, 6.07) is 5.55. The lowest BCUT2D eigenvalue weighted by Gasteiger charge is -2.27. The van der Waals surface area contributed by atoms with E-state index in [9.17, 15) is 4.79 Å². The molecule has 0 bridgehead atoms. The van der Waals surface area contributed by atoms with E-state index in [0.29, 0.717) is 12.1 Å². The number of nitrogens with one attached hydrogen (secondary N) is 1. The van der Waals surface area contributed by atoms with E-state index in [1.165, 1.54) is 7.11 Å². The van der Waals surface area contributed by atoms with E-state index >= 15 is 0 Å². The highest BCUT2D eigenvalue weighted by Gasteiger charge is 2.18. The molecule has 4 rings (SSSR count). The lowest BCUT2D eigenvalue weighted by molar-refractivity contribution is 0.0601. The number of hydrogen-bond donors (Lipinski definition) is 1. The van der Waals surface area contributed by atoms with Crippen LogP contribution in [0.15, 0.2) is 30.7 Å². The average molecular weight is 382 g/mol. The van der Waals surface area contributed by atoms with Gasteiger partial charge in [-0.05, 0) is 25.1 Å². The molecule has 8 nitrogen and oxygen atoms in total. The summed E-state index contributed by atoms with van der Waals surface area (Å²) in [5.74, 6) is 0.666. The molecule has 1 aliphatic heterocycles. The van der Waals surface area contributed by atoms with Crippen LogP contribution in [0.5, 0.6) is 0 Å². The molecular formula is C20H26N6O2. The fourth-order valence-electron chi connectivity index (χ4n) is 3.71. The summed E-state index contributed by atoms with van der Waals surface area (Å²) in [5.41, 5.74) is 3.48. The number of aryl methyl sites for hydroxylation is 1. The van der Waals surface area contributed by atoms with Crippen LogP contribution >= 0.6 is 0 Å². The second kappa shape index (κ2) is 8.12. The van der Waals surface area contributed by atoms with Crippen molar-refractivity contribution in [3.8, 4) is 0 Å². The summed E-state index contributed by atoms with van der Waals surface area (Å²) in [5, 5.41) is 3.39. The largest absolute Gasteiger partial charge is 0.465 e. The summed E-state index contributed by atoms with van der Waals surface area (Å²) in [6.07, 6.45) is 3.75. The first kappa shape index (κ1) is 18.6. The number of hydrogen-bond acceptors (Lipinski definition) is 6. The van der Waals surface area contributed by atoms with Gasteiger partial charge in [-0.2, -0.15) is 0 Å². The number of imidazole rings is 2. The van der Waals surface area contributed by atoms with Crippen LogP contribution in [0.25, 0.3) is 11.0 Å². The molecule has 0 amide bonds. The number of rotatable bonds is 6. The number of carbonyl (C=O) groups is 1. The number of esters is 1. The molecule has 0 radical (unpaired) electrons. The molecule has 1 aromatic carbocycles. The van der Waals surface area contributed by atoms with Crippen LogP contribution in [0, 0.1) is 0 Å². The van der Waals surface area contributed by atoms with Gasteiger partial charge in [0, 0.05) is 38.9 Å². The maximum absolute atomic E-state index is 12.0. The van der Waals surface area contributed by atoms with Crippen molar-refractivity contribution in [1.29, 1.82) is 0 Å². The molecule has 148 valence electrons. The van der Waals surface area contributed by atoms with Gasteiger partial charge in [-0.1, -0.05) is 0 Å². The minimum atomic E-state index is -0.336. The smallest absolute Gasteiger partial charge is 0.337 e. The second-order valence-electron chi connectivity index (χ2n) is 7.01. The number of carbonyl (C=O) groups excluding carboxylic acids is 1. The van der Waals surface area contributed by atoms with Crippen molar-refractivity contribution < 1.29 is 9.53 Å². The highest BCUT2D eigenvalue weighted by molar-refractivity contribution is 5.93. The fraction of sp³-hybridized carbons (Fsp3) is 0.450. The summed E-state index contributed by atoms with van der Waals surface area (Å²) in [6.45, 7) is 8.41. The standard InChI is InChI=1S/C20H26N6O2/c1-3-25-14-22-11-16(25)12-26-18-10-15(20(27)28-2)4-5-17(18)23-19(26)13-24-8-6-21-7-9-24/h4-5,10-11,14,21H,3,6-9,12-13H2,1-2H3. The first-order valence-electron chi connectivity index (χ1n) is 9.69. The molecular weight excluding hydrogens is 356 g/mol. The summed E-state index contributed by atoms with van der Waals surface area (Å²) in [4.78, 5) is 23.6. The van der Waals surface area contributed by atoms with Crippen LogP contribution in [0.1, 0.15) is 28.8 Å². The van der Waals surface area contributed by atoms with Crippen LogP contribution in [-0.2, 0) is 24.4 Å². The lowest BCUT2D eigenvalue weighted by Crippen LogP contribution is -2.43. The molecule has 28 heavy (non-hydrogen) atoms. The predicted molar refractivity (Wildman–Crippen MR) is 106 cm³/mol. The van der Waals surface area contributed by atoms with Crippen molar-refractivity contribution in [2.45, 2.75) is 26.6 Å². The summed E-state index contributed by atoms with van der Waals surface area (Å²) >= 11 is 0.